The zero-order valence-electron chi connectivity index (χ0n) is 11.4. The third kappa shape index (κ3) is 2.93. The number of halogens is 2. The maximum atomic E-state index is 14.0. The van der Waals surface area contributed by atoms with Gasteiger partial charge >= 0.3 is 0 Å². The molecule has 4 heteroatoms. The molecule has 1 fully saturated rings. The highest BCUT2D eigenvalue weighted by Crippen LogP contribution is 2.44. The van der Waals surface area contributed by atoms with Crippen molar-refractivity contribution in [1.29, 1.82) is 0 Å². The summed E-state index contributed by atoms with van der Waals surface area (Å²) in [5.74, 6) is 5.43. The molecule has 3 N–H and O–H groups in total. The Balaban J connectivity index is 2.21. The molecule has 0 aliphatic heterocycles. The van der Waals surface area contributed by atoms with E-state index in [4.69, 9.17) is 17.4 Å². The van der Waals surface area contributed by atoms with Crippen molar-refractivity contribution in [2.24, 2.45) is 11.3 Å². The highest BCUT2D eigenvalue weighted by Gasteiger charge is 2.39. The molecule has 106 valence electrons. The highest BCUT2D eigenvalue weighted by molar-refractivity contribution is 6.30. The SMILES string of the molecule is CCC1(C(Cc2cccc(Cl)c2F)NN)CCCC1. The first-order chi connectivity index (χ1) is 9.13. The van der Waals surface area contributed by atoms with Crippen LogP contribution in [0.2, 0.25) is 5.02 Å². The van der Waals surface area contributed by atoms with Crippen LogP contribution in [-0.4, -0.2) is 6.04 Å². The van der Waals surface area contributed by atoms with Gasteiger partial charge in [-0.05, 0) is 42.7 Å². The Bertz CT molecular complexity index is 430. The number of rotatable bonds is 5. The van der Waals surface area contributed by atoms with Crippen molar-refractivity contribution < 1.29 is 4.39 Å². The van der Waals surface area contributed by atoms with E-state index < -0.39 is 0 Å². The van der Waals surface area contributed by atoms with Crippen LogP contribution < -0.4 is 11.3 Å². The lowest BCUT2D eigenvalue weighted by Gasteiger charge is -2.36. The second-order valence-corrected chi connectivity index (χ2v) is 5.97. The van der Waals surface area contributed by atoms with Crippen molar-refractivity contribution >= 4 is 11.6 Å². The third-order valence-electron chi connectivity index (χ3n) is 4.70. The van der Waals surface area contributed by atoms with Gasteiger partial charge in [-0.15, -0.1) is 0 Å². The molecule has 0 heterocycles. The first kappa shape index (κ1) is 14.8. The summed E-state index contributed by atoms with van der Waals surface area (Å²) >= 11 is 5.84. The summed E-state index contributed by atoms with van der Waals surface area (Å²) < 4.78 is 14.0. The van der Waals surface area contributed by atoms with E-state index in [9.17, 15) is 4.39 Å². The standard InChI is InChI=1S/C15H22ClFN2/c1-2-15(8-3-4-9-15)13(19-18)10-11-6-5-7-12(16)14(11)17/h5-7,13,19H,2-4,8-10,18H2,1H3. The molecule has 0 bridgehead atoms. The van der Waals surface area contributed by atoms with E-state index in [2.05, 4.69) is 12.3 Å². The van der Waals surface area contributed by atoms with E-state index in [-0.39, 0.29) is 22.3 Å². The average molecular weight is 285 g/mol. The minimum atomic E-state index is -0.311. The van der Waals surface area contributed by atoms with Gasteiger partial charge in [0.25, 0.3) is 0 Å². The molecule has 1 unspecified atom stereocenters. The molecule has 1 aromatic rings. The lowest BCUT2D eigenvalue weighted by Crippen LogP contribution is -2.48. The van der Waals surface area contributed by atoms with E-state index in [0.717, 1.165) is 6.42 Å². The molecule has 1 atom stereocenters. The number of hydrogen-bond acceptors (Lipinski definition) is 2. The van der Waals surface area contributed by atoms with Crippen LogP contribution in [0.3, 0.4) is 0 Å². The number of nitrogens with one attached hydrogen (secondary N) is 1. The van der Waals surface area contributed by atoms with Crippen molar-refractivity contribution in [2.45, 2.75) is 51.5 Å². The van der Waals surface area contributed by atoms with Gasteiger partial charge in [-0.25, -0.2) is 4.39 Å². The Morgan fingerprint density at radius 2 is 2.11 bits per heavy atom. The summed E-state index contributed by atoms with van der Waals surface area (Å²) in [5, 5.41) is 0.185. The Kier molecular flexibility index (Phi) is 4.82. The molecule has 0 radical (unpaired) electrons. The molecule has 0 spiro atoms. The summed E-state index contributed by atoms with van der Waals surface area (Å²) in [6, 6.07) is 5.27. The zero-order valence-corrected chi connectivity index (χ0v) is 12.1. The fourth-order valence-corrected chi connectivity index (χ4v) is 3.60. The van der Waals surface area contributed by atoms with Gasteiger partial charge in [0.15, 0.2) is 0 Å². The minimum absolute atomic E-state index is 0.105. The Morgan fingerprint density at radius 1 is 1.42 bits per heavy atom. The fraction of sp³-hybridized carbons (Fsp3) is 0.600. The van der Waals surface area contributed by atoms with Crippen LogP contribution in [0, 0.1) is 11.2 Å². The van der Waals surface area contributed by atoms with Crippen LogP contribution in [0.5, 0.6) is 0 Å². The summed E-state index contributed by atoms with van der Waals surface area (Å²) in [4.78, 5) is 0. The maximum absolute atomic E-state index is 14.0. The van der Waals surface area contributed by atoms with E-state index in [1.807, 2.05) is 0 Å². The van der Waals surface area contributed by atoms with E-state index in [1.54, 1.807) is 18.2 Å². The van der Waals surface area contributed by atoms with Crippen LogP contribution in [0.25, 0.3) is 0 Å². The van der Waals surface area contributed by atoms with Gasteiger partial charge in [0.05, 0.1) is 5.02 Å². The Morgan fingerprint density at radius 3 is 2.68 bits per heavy atom. The smallest absolute Gasteiger partial charge is 0.145 e. The van der Waals surface area contributed by atoms with Crippen LogP contribution in [-0.2, 0) is 6.42 Å². The second-order valence-electron chi connectivity index (χ2n) is 5.56. The second kappa shape index (κ2) is 6.21. The Labute approximate surface area is 119 Å². The molecule has 2 rings (SSSR count). The molecule has 2 nitrogen and oxygen atoms in total. The summed E-state index contributed by atoms with van der Waals surface area (Å²) in [6.07, 6.45) is 6.48. The average Bonchev–Trinajstić information content (AvgIpc) is 2.90. The topological polar surface area (TPSA) is 38.0 Å². The normalized spacial score (nSPS) is 19.6. The summed E-state index contributed by atoms with van der Waals surface area (Å²) in [6.45, 7) is 2.20. The quantitative estimate of drug-likeness (QED) is 0.637. The fourth-order valence-electron chi connectivity index (χ4n) is 3.41. The van der Waals surface area contributed by atoms with E-state index in [1.165, 1.54) is 25.7 Å². The number of nitrogens with two attached hydrogens (primary N) is 1. The van der Waals surface area contributed by atoms with Gasteiger partial charge in [-0.2, -0.15) is 0 Å². The first-order valence-electron chi connectivity index (χ1n) is 7.02. The van der Waals surface area contributed by atoms with Crippen LogP contribution in [0.4, 0.5) is 4.39 Å². The summed E-state index contributed by atoms with van der Waals surface area (Å²) in [5.41, 5.74) is 3.77. The molecule has 1 aliphatic rings. The summed E-state index contributed by atoms with van der Waals surface area (Å²) in [7, 11) is 0. The largest absolute Gasteiger partial charge is 0.271 e. The minimum Gasteiger partial charge on any atom is -0.271 e. The molecule has 1 aromatic carbocycles. The molecular formula is C15H22ClFN2. The van der Waals surface area contributed by atoms with E-state index >= 15 is 0 Å². The van der Waals surface area contributed by atoms with Crippen molar-refractivity contribution in [3.63, 3.8) is 0 Å². The third-order valence-corrected chi connectivity index (χ3v) is 4.99. The van der Waals surface area contributed by atoms with Crippen molar-refractivity contribution in [3.05, 3.63) is 34.6 Å². The van der Waals surface area contributed by atoms with Gasteiger partial charge in [0.1, 0.15) is 5.82 Å². The molecule has 0 aromatic heterocycles. The van der Waals surface area contributed by atoms with Gasteiger partial charge in [0.2, 0.25) is 0 Å². The van der Waals surface area contributed by atoms with Crippen molar-refractivity contribution in [1.82, 2.24) is 5.43 Å². The molecular weight excluding hydrogens is 263 g/mol. The predicted octanol–water partition coefficient (Wildman–Crippen LogP) is 3.82. The molecule has 0 amide bonds. The number of hydrazine groups is 1. The zero-order chi connectivity index (χ0) is 13.9. The lowest BCUT2D eigenvalue weighted by molar-refractivity contribution is 0.184. The van der Waals surface area contributed by atoms with Crippen LogP contribution >= 0.6 is 11.6 Å². The number of benzene rings is 1. The van der Waals surface area contributed by atoms with Crippen molar-refractivity contribution in [3.8, 4) is 0 Å². The molecule has 1 saturated carbocycles. The van der Waals surface area contributed by atoms with Crippen molar-refractivity contribution in [2.75, 3.05) is 0 Å². The van der Waals surface area contributed by atoms with Crippen LogP contribution in [0.15, 0.2) is 18.2 Å². The van der Waals surface area contributed by atoms with Crippen LogP contribution in [0.1, 0.15) is 44.6 Å². The Hall–Kier alpha value is -0.640. The van der Waals surface area contributed by atoms with Gasteiger partial charge in [-0.1, -0.05) is 43.5 Å². The monoisotopic (exact) mass is 284 g/mol. The lowest BCUT2D eigenvalue weighted by atomic mass is 9.74. The molecule has 1 aliphatic carbocycles. The molecule has 0 saturated heterocycles. The highest BCUT2D eigenvalue weighted by atomic mass is 35.5. The van der Waals surface area contributed by atoms with Gasteiger partial charge < -0.3 is 0 Å². The van der Waals surface area contributed by atoms with E-state index in [0.29, 0.717) is 12.0 Å². The van der Waals surface area contributed by atoms with Gasteiger partial charge in [-0.3, -0.25) is 11.3 Å². The maximum Gasteiger partial charge on any atom is 0.145 e. The number of hydrogen-bond donors (Lipinski definition) is 2. The molecule has 19 heavy (non-hydrogen) atoms. The first-order valence-corrected chi connectivity index (χ1v) is 7.40. The predicted molar refractivity (Wildman–Crippen MR) is 77.4 cm³/mol. The van der Waals surface area contributed by atoms with Gasteiger partial charge in [0, 0.05) is 6.04 Å².